The van der Waals surface area contributed by atoms with Crippen molar-refractivity contribution in [3.63, 3.8) is 0 Å². The van der Waals surface area contributed by atoms with Crippen LogP contribution < -0.4 is 4.90 Å². The third kappa shape index (κ3) is 1.95. The van der Waals surface area contributed by atoms with E-state index in [4.69, 9.17) is 0 Å². The summed E-state index contributed by atoms with van der Waals surface area (Å²) < 4.78 is 0. The molecule has 1 aliphatic rings. The normalized spacial score (nSPS) is 15.5. The molecule has 0 unspecified atom stereocenters. The van der Waals surface area contributed by atoms with Gasteiger partial charge < -0.3 is 0 Å². The maximum absolute atomic E-state index is 10.5. The molecule has 1 aromatic heterocycles. The summed E-state index contributed by atoms with van der Waals surface area (Å²) in [5.41, 5.74) is 0. The average Bonchev–Trinajstić information content (AvgIpc) is 2.85. The second-order valence-corrected chi connectivity index (χ2v) is 4.52. The summed E-state index contributed by atoms with van der Waals surface area (Å²) in [7, 11) is 0. The molecule has 1 aromatic rings. The summed E-state index contributed by atoms with van der Waals surface area (Å²) in [6.45, 7) is 1.48. The van der Waals surface area contributed by atoms with E-state index in [0.29, 0.717) is 5.13 Å². The number of thioether (sulfide) groups is 1. The minimum Gasteiger partial charge on any atom is -0.295 e. The molecule has 15 heavy (non-hydrogen) atoms. The third-order valence-electron chi connectivity index (χ3n) is 1.88. The third-order valence-corrected chi connectivity index (χ3v) is 3.56. The molecule has 8 heteroatoms. The predicted molar refractivity (Wildman–Crippen MR) is 61.9 cm³/mol. The molecule has 0 aromatic carbocycles. The van der Waals surface area contributed by atoms with Gasteiger partial charge in [0, 0.05) is 6.54 Å². The second kappa shape index (κ2) is 4.15. The molecule has 0 fully saturated rings. The largest absolute Gasteiger partial charge is 0.345 e. The molecule has 2 rings (SSSR count). The van der Waals surface area contributed by atoms with E-state index in [0.717, 1.165) is 29.6 Å². The Morgan fingerprint density at radius 2 is 2.53 bits per heavy atom. The Labute approximate surface area is 94.2 Å². The topological polar surface area (TPSA) is 71.6 Å². The first-order chi connectivity index (χ1) is 7.22. The number of hydrogen-bond acceptors (Lipinski definition) is 7. The van der Waals surface area contributed by atoms with Crippen molar-refractivity contribution in [2.75, 3.05) is 24.2 Å². The molecule has 0 aliphatic carbocycles. The summed E-state index contributed by atoms with van der Waals surface area (Å²) in [5, 5.41) is 12.1. The molecule has 0 bridgehead atoms. The minimum atomic E-state index is -0.423. The highest BCUT2D eigenvalue weighted by atomic mass is 32.2. The van der Waals surface area contributed by atoms with Gasteiger partial charge in [0.25, 0.3) is 0 Å². The number of hydrogen-bond donors (Lipinski definition) is 0. The molecule has 0 amide bonds. The fraction of sp³-hybridized carbons (Fsp3) is 0.429. The van der Waals surface area contributed by atoms with E-state index in [1.54, 1.807) is 0 Å². The van der Waals surface area contributed by atoms with Crippen molar-refractivity contribution >= 4 is 38.4 Å². The van der Waals surface area contributed by atoms with E-state index in [2.05, 4.69) is 9.98 Å². The Bertz CT molecular complexity index is 417. The lowest BCUT2D eigenvalue weighted by molar-refractivity contribution is -0.380. The zero-order valence-corrected chi connectivity index (χ0v) is 9.55. The van der Waals surface area contributed by atoms with Crippen LogP contribution in [0, 0.1) is 10.1 Å². The van der Waals surface area contributed by atoms with Gasteiger partial charge in [-0.1, -0.05) is 11.8 Å². The first-order valence-electron chi connectivity index (χ1n) is 4.18. The van der Waals surface area contributed by atoms with Gasteiger partial charge >= 0.3 is 5.00 Å². The van der Waals surface area contributed by atoms with Gasteiger partial charge in [-0.15, -0.1) is 0 Å². The Hall–Kier alpha value is -1.15. The highest BCUT2D eigenvalue weighted by Crippen LogP contribution is 2.30. The van der Waals surface area contributed by atoms with Crippen LogP contribution in [0.5, 0.6) is 0 Å². The van der Waals surface area contributed by atoms with E-state index in [1.807, 2.05) is 11.2 Å². The summed E-state index contributed by atoms with van der Waals surface area (Å²) >= 11 is 2.60. The molecule has 0 atom stereocenters. The van der Waals surface area contributed by atoms with Crippen molar-refractivity contribution in [1.82, 2.24) is 4.98 Å². The number of nitrogens with zero attached hydrogens (tertiary/aromatic N) is 4. The summed E-state index contributed by atoms with van der Waals surface area (Å²) in [6.07, 6.45) is 3.22. The predicted octanol–water partition coefficient (Wildman–Crippen LogP) is 1.59. The highest BCUT2D eigenvalue weighted by Gasteiger charge is 2.23. The number of aromatic nitrogens is 1. The molecular weight excluding hydrogens is 236 g/mol. The van der Waals surface area contributed by atoms with Gasteiger partial charge in [-0.3, -0.25) is 20.0 Å². The van der Waals surface area contributed by atoms with E-state index in [1.165, 1.54) is 18.0 Å². The average molecular weight is 244 g/mol. The highest BCUT2D eigenvalue weighted by molar-refractivity contribution is 8.13. The van der Waals surface area contributed by atoms with Crippen molar-refractivity contribution in [3.05, 3.63) is 16.3 Å². The maximum Gasteiger partial charge on any atom is 0.345 e. The maximum atomic E-state index is 10.5. The van der Waals surface area contributed by atoms with Gasteiger partial charge in [0.05, 0.1) is 11.5 Å². The lowest BCUT2D eigenvalue weighted by Crippen LogP contribution is -2.24. The molecule has 0 spiro atoms. The minimum absolute atomic E-state index is 0.0670. The molecule has 80 valence electrons. The zero-order valence-electron chi connectivity index (χ0n) is 7.91. The van der Waals surface area contributed by atoms with E-state index >= 15 is 0 Å². The van der Waals surface area contributed by atoms with Gasteiger partial charge in [0.1, 0.15) is 6.20 Å². The Balaban J connectivity index is 2.23. The Morgan fingerprint density at radius 1 is 1.73 bits per heavy atom. The number of thiazole rings is 1. The van der Waals surface area contributed by atoms with E-state index in [9.17, 15) is 10.1 Å². The van der Waals surface area contributed by atoms with E-state index in [-0.39, 0.29) is 5.00 Å². The molecule has 0 radical (unpaired) electrons. The second-order valence-electron chi connectivity index (χ2n) is 2.76. The van der Waals surface area contributed by atoms with Crippen molar-refractivity contribution in [2.24, 2.45) is 4.99 Å². The van der Waals surface area contributed by atoms with Crippen molar-refractivity contribution in [1.29, 1.82) is 0 Å². The van der Waals surface area contributed by atoms with Gasteiger partial charge in [-0.25, -0.2) is 4.98 Å². The smallest absolute Gasteiger partial charge is 0.295 e. The van der Waals surface area contributed by atoms with Crippen molar-refractivity contribution < 1.29 is 4.92 Å². The Morgan fingerprint density at radius 3 is 3.13 bits per heavy atom. The summed E-state index contributed by atoms with van der Waals surface area (Å²) in [4.78, 5) is 20.3. The van der Waals surface area contributed by atoms with Crippen LogP contribution in [0.15, 0.2) is 11.2 Å². The van der Waals surface area contributed by atoms with E-state index < -0.39 is 4.92 Å². The summed E-state index contributed by atoms with van der Waals surface area (Å²) in [6, 6.07) is 0. The molecule has 6 nitrogen and oxygen atoms in total. The van der Waals surface area contributed by atoms with Crippen molar-refractivity contribution in [2.45, 2.75) is 0 Å². The van der Waals surface area contributed by atoms with Gasteiger partial charge in [0.2, 0.25) is 0 Å². The number of nitro groups is 1. The lowest BCUT2D eigenvalue weighted by Gasteiger charge is -2.13. The number of rotatable bonds is 2. The SMILES string of the molecule is CSC1=NCCN1c1ncc([N+](=O)[O-])s1. The van der Waals surface area contributed by atoms with Crippen LogP contribution in [-0.2, 0) is 0 Å². The van der Waals surface area contributed by atoms with Gasteiger partial charge in [-0.2, -0.15) is 0 Å². The quantitative estimate of drug-likeness (QED) is 0.583. The van der Waals surface area contributed by atoms with Crippen LogP contribution in [-0.4, -0.2) is 34.4 Å². The zero-order chi connectivity index (χ0) is 10.8. The van der Waals surface area contributed by atoms with Crippen LogP contribution in [0.1, 0.15) is 0 Å². The standard InChI is InChI=1S/C7H8N4O2S2/c1-14-6-8-2-3-10(6)7-9-4-5(15-7)11(12)13/h4H,2-3H2,1H3. The van der Waals surface area contributed by atoms with Crippen molar-refractivity contribution in [3.8, 4) is 0 Å². The molecule has 0 saturated carbocycles. The molecule has 0 N–H and O–H groups in total. The van der Waals surface area contributed by atoms with Crippen LogP contribution in [0.25, 0.3) is 0 Å². The van der Waals surface area contributed by atoms with Crippen LogP contribution in [0.3, 0.4) is 0 Å². The number of amidine groups is 1. The van der Waals surface area contributed by atoms with Crippen LogP contribution in [0.2, 0.25) is 0 Å². The lowest BCUT2D eigenvalue weighted by atomic mass is 10.6. The molecule has 0 saturated heterocycles. The first kappa shape index (κ1) is 10.4. The van der Waals surface area contributed by atoms with Gasteiger partial charge in [-0.05, 0) is 17.6 Å². The molecular formula is C7H8N4O2S2. The van der Waals surface area contributed by atoms with Crippen LogP contribution >= 0.6 is 23.1 Å². The van der Waals surface area contributed by atoms with Crippen LogP contribution in [0.4, 0.5) is 10.1 Å². The van der Waals surface area contributed by atoms with Gasteiger partial charge in [0.15, 0.2) is 10.3 Å². The molecule has 1 aliphatic heterocycles. The monoisotopic (exact) mass is 244 g/mol. The first-order valence-corrected chi connectivity index (χ1v) is 6.22. The number of anilines is 1. The Kier molecular flexibility index (Phi) is 2.87. The number of aliphatic imine (C=N–C) groups is 1. The fourth-order valence-corrected chi connectivity index (χ4v) is 2.68. The summed E-state index contributed by atoms with van der Waals surface area (Å²) in [5.74, 6) is 0. The fourth-order valence-electron chi connectivity index (χ4n) is 1.24. The molecule has 2 heterocycles.